The zero-order chi connectivity index (χ0) is 17.0. The molecule has 6 heteroatoms. The summed E-state index contributed by atoms with van der Waals surface area (Å²) in [7, 11) is 3.47. The van der Waals surface area contributed by atoms with Crippen LogP contribution in [0.5, 0.6) is 0 Å². The van der Waals surface area contributed by atoms with Gasteiger partial charge < -0.3 is 15.2 Å². The van der Waals surface area contributed by atoms with Crippen molar-refractivity contribution in [1.29, 1.82) is 0 Å². The fourth-order valence-electron chi connectivity index (χ4n) is 3.06. The number of aryl methyl sites for hydroxylation is 2. The Morgan fingerprint density at radius 3 is 2.52 bits per heavy atom. The van der Waals surface area contributed by atoms with E-state index in [4.69, 9.17) is 0 Å². The van der Waals surface area contributed by atoms with Crippen molar-refractivity contribution < 1.29 is 9.59 Å². The average Bonchev–Trinajstić information content (AvgIpc) is 2.55. The Morgan fingerprint density at radius 1 is 1.26 bits per heavy atom. The van der Waals surface area contributed by atoms with E-state index in [9.17, 15) is 14.4 Å². The standard InChI is InChI=1S/C17H25N3O3/c1-11-8-15(21)14(10-20(11)3)17(23)19-9-12-4-6-13(7-5-12)16(22)18-2/h8,10,12-13H,4-7,9H2,1-3H3,(H,18,22)(H,19,23). The van der Waals surface area contributed by atoms with Gasteiger partial charge in [-0.2, -0.15) is 0 Å². The minimum atomic E-state index is -0.320. The summed E-state index contributed by atoms with van der Waals surface area (Å²) in [6.07, 6.45) is 5.13. The molecule has 1 aliphatic carbocycles. The number of hydrogen-bond acceptors (Lipinski definition) is 3. The summed E-state index contributed by atoms with van der Waals surface area (Å²) in [5.41, 5.74) is 0.748. The first-order valence-corrected chi connectivity index (χ1v) is 8.09. The molecule has 1 saturated carbocycles. The Hall–Kier alpha value is -2.11. The average molecular weight is 319 g/mol. The van der Waals surface area contributed by atoms with E-state index < -0.39 is 0 Å². The molecule has 1 fully saturated rings. The minimum Gasteiger partial charge on any atom is -0.359 e. The van der Waals surface area contributed by atoms with Gasteiger partial charge in [0.25, 0.3) is 5.91 Å². The number of nitrogens with zero attached hydrogens (tertiary/aromatic N) is 1. The molecule has 0 aromatic carbocycles. The largest absolute Gasteiger partial charge is 0.359 e. The molecule has 2 amide bonds. The van der Waals surface area contributed by atoms with Crippen molar-refractivity contribution in [1.82, 2.24) is 15.2 Å². The maximum absolute atomic E-state index is 12.2. The van der Waals surface area contributed by atoms with Crippen LogP contribution in [0.15, 0.2) is 17.1 Å². The Labute approximate surface area is 136 Å². The third-order valence-electron chi connectivity index (χ3n) is 4.74. The summed E-state index contributed by atoms with van der Waals surface area (Å²) in [4.78, 5) is 35.7. The molecule has 1 aliphatic rings. The highest BCUT2D eigenvalue weighted by Crippen LogP contribution is 2.28. The molecule has 0 spiro atoms. The molecule has 0 aliphatic heterocycles. The van der Waals surface area contributed by atoms with Crippen molar-refractivity contribution >= 4 is 11.8 Å². The number of pyridine rings is 1. The third kappa shape index (κ3) is 4.21. The highest BCUT2D eigenvalue weighted by molar-refractivity contribution is 5.93. The Bertz CT molecular complexity index is 643. The van der Waals surface area contributed by atoms with Gasteiger partial charge in [0.2, 0.25) is 5.91 Å². The number of carbonyl (C=O) groups is 2. The highest BCUT2D eigenvalue weighted by atomic mass is 16.2. The summed E-state index contributed by atoms with van der Waals surface area (Å²) < 4.78 is 1.77. The third-order valence-corrected chi connectivity index (χ3v) is 4.74. The SMILES string of the molecule is CNC(=O)C1CCC(CNC(=O)c2cn(C)c(C)cc2=O)CC1. The molecule has 1 aromatic rings. The van der Waals surface area contributed by atoms with Gasteiger partial charge in [0.15, 0.2) is 5.43 Å². The first-order valence-electron chi connectivity index (χ1n) is 8.09. The molecule has 126 valence electrons. The van der Waals surface area contributed by atoms with Crippen LogP contribution in [0.4, 0.5) is 0 Å². The quantitative estimate of drug-likeness (QED) is 0.868. The van der Waals surface area contributed by atoms with Crippen molar-refractivity contribution in [3.8, 4) is 0 Å². The summed E-state index contributed by atoms with van der Waals surface area (Å²) in [5, 5.41) is 5.55. The predicted molar refractivity (Wildman–Crippen MR) is 88.3 cm³/mol. The monoisotopic (exact) mass is 319 g/mol. The van der Waals surface area contributed by atoms with Crippen LogP contribution in [0.1, 0.15) is 41.7 Å². The highest BCUT2D eigenvalue weighted by Gasteiger charge is 2.26. The lowest BCUT2D eigenvalue weighted by Gasteiger charge is -2.27. The van der Waals surface area contributed by atoms with Crippen molar-refractivity contribution in [3.63, 3.8) is 0 Å². The number of aromatic nitrogens is 1. The van der Waals surface area contributed by atoms with Crippen molar-refractivity contribution in [2.24, 2.45) is 18.9 Å². The summed E-state index contributed by atoms with van der Waals surface area (Å²) in [6, 6.07) is 1.48. The molecule has 2 rings (SSSR count). The van der Waals surface area contributed by atoms with Crippen LogP contribution in [0, 0.1) is 18.8 Å². The lowest BCUT2D eigenvalue weighted by Crippen LogP contribution is -2.36. The molecule has 1 aromatic heterocycles. The smallest absolute Gasteiger partial charge is 0.256 e. The number of rotatable bonds is 4. The van der Waals surface area contributed by atoms with Crippen LogP contribution >= 0.6 is 0 Å². The van der Waals surface area contributed by atoms with E-state index in [0.29, 0.717) is 12.5 Å². The van der Waals surface area contributed by atoms with Gasteiger partial charge in [-0.25, -0.2) is 0 Å². The minimum absolute atomic E-state index is 0.0938. The fourth-order valence-corrected chi connectivity index (χ4v) is 3.06. The molecule has 0 atom stereocenters. The maximum atomic E-state index is 12.2. The molecular weight excluding hydrogens is 294 g/mol. The predicted octanol–water partition coefficient (Wildman–Crippen LogP) is 0.976. The summed E-state index contributed by atoms with van der Waals surface area (Å²) in [6.45, 7) is 2.38. The molecule has 0 saturated heterocycles. The van der Waals surface area contributed by atoms with E-state index in [1.807, 2.05) is 14.0 Å². The zero-order valence-electron chi connectivity index (χ0n) is 14.0. The van der Waals surface area contributed by atoms with E-state index in [1.165, 1.54) is 6.07 Å². The van der Waals surface area contributed by atoms with Crippen LogP contribution < -0.4 is 16.1 Å². The molecule has 0 radical (unpaired) electrons. The van der Waals surface area contributed by atoms with Gasteiger partial charge in [-0.3, -0.25) is 14.4 Å². The van der Waals surface area contributed by atoms with Crippen LogP contribution in [0.3, 0.4) is 0 Å². The van der Waals surface area contributed by atoms with E-state index in [-0.39, 0.29) is 28.7 Å². The number of nitrogens with one attached hydrogen (secondary N) is 2. The molecule has 6 nitrogen and oxygen atoms in total. The zero-order valence-corrected chi connectivity index (χ0v) is 14.0. The first kappa shape index (κ1) is 17.2. The lowest BCUT2D eigenvalue weighted by atomic mass is 9.81. The maximum Gasteiger partial charge on any atom is 0.256 e. The molecule has 2 N–H and O–H groups in total. The van der Waals surface area contributed by atoms with Crippen LogP contribution in [0.2, 0.25) is 0 Å². The van der Waals surface area contributed by atoms with Crippen LogP contribution in [-0.4, -0.2) is 30.0 Å². The van der Waals surface area contributed by atoms with Crippen molar-refractivity contribution in [3.05, 3.63) is 33.7 Å². The van der Waals surface area contributed by atoms with E-state index in [0.717, 1.165) is 31.4 Å². The van der Waals surface area contributed by atoms with Gasteiger partial charge in [-0.1, -0.05) is 0 Å². The molecule has 23 heavy (non-hydrogen) atoms. The second-order valence-corrected chi connectivity index (χ2v) is 6.35. The van der Waals surface area contributed by atoms with Crippen molar-refractivity contribution in [2.45, 2.75) is 32.6 Å². The summed E-state index contributed by atoms with van der Waals surface area (Å²) in [5.74, 6) is 0.250. The van der Waals surface area contributed by atoms with Gasteiger partial charge in [0.05, 0.1) is 0 Å². The second kappa shape index (κ2) is 7.44. The Balaban J connectivity index is 1.88. The first-order chi connectivity index (χ1) is 10.9. The van der Waals surface area contributed by atoms with Crippen LogP contribution in [0.25, 0.3) is 0 Å². The van der Waals surface area contributed by atoms with Gasteiger partial charge in [-0.15, -0.1) is 0 Å². The van der Waals surface area contributed by atoms with Gasteiger partial charge in [0, 0.05) is 44.5 Å². The Morgan fingerprint density at radius 2 is 1.91 bits per heavy atom. The van der Waals surface area contributed by atoms with Crippen molar-refractivity contribution in [2.75, 3.05) is 13.6 Å². The van der Waals surface area contributed by atoms with Gasteiger partial charge in [-0.05, 0) is 38.5 Å². The van der Waals surface area contributed by atoms with E-state index in [2.05, 4.69) is 10.6 Å². The fraction of sp³-hybridized carbons (Fsp3) is 0.588. The van der Waals surface area contributed by atoms with E-state index in [1.54, 1.807) is 17.8 Å². The topological polar surface area (TPSA) is 80.2 Å². The van der Waals surface area contributed by atoms with Crippen LogP contribution in [-0.2, 0) is 11.8 Å². The Kier molecular flexibility index (Phi) is 5.58. The molecule has 0 unspecified atom stereocenters. The molecule has 1 heterocycles. The normalized spacial score (nSPS) is 20.8. The van der Waals surface area contributed by atoms with Gasteiger partial charge in [0.1, 0.15) is 5.56 Å². The number of amides is 2. The van der Waals surface area contributed by atoms with Gasteiger partial charge >= 0.3 is 0 Å². The molecule has 0 bridgehead atoms. The second-order valence-electron chi connectivity index (χ2n) is 6.35. The lowest BCUT2D eigenvalue weighted by molar-refractivity contribution is -0.125. The molecular formula is C17H25N3O3. The van der Waals surface area contributed by atoms with E-state index >= 15 is 0 Å². The number of hydrogen-bond donors (Lipinski definition) is 2. The summed E-state index contributed by atoms with van der Waals surface area (Å²) >= 11 is 0. The number of carbonyl (C=O) groups excluding carboxylic acids is 2.